The summed E-state index contributed by atoms with van der Waals surface area (Å²) in [4.78, 5) is 23.0. The average Bonchev–Trinajstić information content (AvgIpc) is 2.65. The van der Waals surface area contributed by atoms with E-state index in [2.05, 4.69) is 0 Å². The largest absolute Gasteiger partial charge is 0.497 e. The smallest absolute Gasteiger partial charge is 0.336 e. The summed E-state index contributed by atoms with van der Waals surface area (Å²) in [6.07, 6.45) is 0.693. The summed E-state index contributed by atoms with van der Waals surface area (Å²) in [6, 6.07) is 11.5. The molecule has 0 aliphatic carbocycles. The molecule has 0 N–H and O–H groups in total. The Hall–Kier alpha value is -3.28. The predicted octanol–water partition coefficient (Wildman–Crippen LogP) is 3.20. The summed E-state index contributed by atoms with van der Waals surface area (Å²) in [7, 11) is 3.05. The topological polar surface area (TPSA) is 75.0 Å². The van der Waals surface area contributed by atoms with Crippen LogP contribution in [0.3, 0.4) is 0 Å². The number of carbonyl (C=O) groups excluding carboxylic acids is 1. The van der Waals surface area contributed by atoms with Gasteiger partial charge in [-0.3, -0.25) is 4.79 Å². The molecule has 0 radical (unpaired) electrons. The number of para-hydroxylation sites is 1. The number of methoxy groups -OCH3 is 2. The Labute approximate surface area is 143 Å². The molecule has 0 saturated heterocycles. The molecule has 0 unspecified atom stereocenters. The number of rotatable bonds is 6. The molecule has 3 rings (SSSR count). The molecule has 0 spiro atoms. The molecule has 0 bridgehead atoms. The fourth-order valence-corrected chi connectivity index (χ4v) is 2.54. The molecule has 2 aromatic carbocycles. The summed E-state index contributed by atoms with van der Waals surface area (Å²) in [6.45, 7) is 0.0660. The van der Waals surface area contributed by atoms with Crippen LogP contribution in [0.15, 0.2) is 51.7 Å². The standard InChI is InChI=1S/C19H16O6/c1-22-14-6-7-16-15(9-14)13(8-18(21)25-16)11-24-19-12(10-20)4-3-5-17(19)23-2/h3-10H,11H2,1-2H3. The Balaban J connectivity index is 2.02. The first-order valence-corrected chi connectivity index (χ1v) is 7.52. The number of benzene rings is 2. The lowest BCUT2D eigenvalue weighted by Gasteiger charge is -2.13. The first kappa shape index (κ1) is 16.6. The summed E-state index contributed by atoms with van der Waals surface area (Å²) >= 11 is 0. The van der Waals surface area contributed by atoms with E-state index in [1.807, 2.05) is 0 Å². The first-order valence-electron chi connectivity index (χ1n) is 7.52. The third kappa shape index (κ3) is 3.33. The second-order valence-corrected chi connectivity index (χ2v) is 5.24. The van der Waals surface area contributed by atoms with E-state index in [1.165, 1.54) is 13.2 Å². The van der Waals surface area contributed by atoms with Crippen LogP contribution in [-0.2, 0) is 6.61 Å². The zero-order valence-electron chi connectivity index (χ0n) is 13.8. The highest BCUT2D eigenvalue weighted by molar-refractivity contribution is 5.82. The van der Waals surface area contributed by atoms with Crippen molar-refractivity contribution in [3.05, 3.63) is 64.0 Å². The van der Waals surface area contributed by atoms with Gasteiger partial charge in [-0.25, -0.2) is 4.79 Å². The van der Waals surface area contributed by atoms with Gasteiger partial charge in [0.25, 0.3) is 0 Å². The van der Waals surface area contributed by atoms with E-state index in [4.69, 9.17) is 18.6 Å². The molecular weight excluding hydrogens is 324 g/mol. The second kappa shape index (κ2) is 7.09. The van der Waals surface area contributed by atoms with Crippen LogP contribution in [0, 0.1) is 0 Å². The van der Waals surface area contributed by atoms with Crippen LogP contribution in [0.2, 0.25) is 0 Å². The lowest BCUT2D eigenvalue weighted by Crippen LogP contribution is -2.06. The molecule has 1 heterocycles. The van der Waals surface area contributed by atoms with Crippen LogP contribution < -0.4 is 19.8 Å². The third-order valence-corrected chi connectivity index (χ3v) is 3.76. The summed E-state index contributed by atoms with van der Waals surface area (Å²) < 4.78 is 21.4. The van der Waals surface area contributed by atoms with Gasteiger partial charge in [0, 0.05) is 17.0 Å². The van der Waals surface area contributed by atoms with Crippen molar-refractivity contribution in [2.75, 3.05) is 14.2 Å². The summed E-state index contributed by atoms with van der Waals surface area (Å²) in [5.74, 6) is 1.40. The van der Waals surface area contributed by atoms with E-state index in [-0.39, 0.29) is 6.61 Å². The highest BCUT2D eigenvalue weighted by Gasteiger charge is 2.13. The monoisotopic (exact) mass is 340 g/mol. The van der Waals surface area contributed by atoms with Gasteiger partial charge in [0.2, 0.25) is 0 Å². The van der Waals surface area contributed by atoms with Crippen molar-refractivity contribution in [1.82, 2.24) is 0 Å². The molecule has 0 atom stereocenters. The molecule has 25 heavy (non-hydrogen) atoms. The molecule has 0 amide bonds. The maximum Gasteiger partial charge on any atom is 0.336 e. The summed E-state index contributed by atoms with van der Waals surface area (Å²) in [5, 5.41) is 0.696. The molecule has 0 saturated carbocycles. The predicted molar refractivity (Wildman–Crippen MR) is 91.7 cm³/mol. The summed E-state index contributed by atoms with van der Waals surface area (Å²) in [5.41, 5.74) is 0.937. The van der Waals surface area contributed by atoms with Crippen LogP contribution in [0.4, 0.5) is 0 Å². The number of carbonyl (C=O) groups is 1. The zero-order chi connectivity index (χ0) is 17.8. The number of aldehydes is 1. The van der Waals surface area contributed by atoms with Crippen molar-refractivity contribution in [3.63, 3.8) is 0 Å². The Morgan fingerprint density at radius 3 is 2.64 bits per heavy atom. The molecule has 0 aliphatic rings. The molecule has 6 nitrogen and oxygen atoms in total. The molecular formula is C19H16O6. The van der Waals surface area contributed by atoms with E-state index in [9.17, 15) is 9.59 Å². The van der Waals surface area contributed by atoms with Gasteiger partial charge in [-0.05, 0) is 30.3 Å². The molecule has 6 heteroatoms. The second-order valence-electron chi connectivity index (χ2n) is 5.24. The normalized spacial score (nSPS) is 10.5. The van der Waals surface area contributed by atoms with Gasteiger partial charge < -0.3 is 18.6 Å². The maximum absolute atomic E-state index is 11.8. The number of hydrogen-bond donors (Lipinski definition) is 0. The van der Waals surface area contributed by atoms with Gasteiger partial charge in [0.15, 0.2) is 17.8 Å². The minimum Gasteiger partial charge on any atom is -0.497 e. The van der Waals surface area contributed by atoms with Crippen molar-refractivity contribution < 1.29 is 23.4 Å². The van der Waals surface area contributed by atoms with Crippen LogP contribution in [0.1, 0.15) is 15.9 Å². The Morgan fingerprint density at radius 1 is 1.08 bits per heavy atom. The van der Waals surface area contributed by atoms with Crippen LogP contribution in [0.5, 0.6) is 17.2 Å². The van der Waals surface area contributed by atoms with Crippen LogP contribution in [0.25, 0.3) is 11.0 Å². The van der Waals surface area contributed by atoms with Gasteiger partial charge in [0.1, 0.15) is 17.9 Å². The van der Waals surface area contributed by atoms with Crippen molar-refractivity contribution >= 4 is 17.3 Å². The van der Waals surface area contributed by atoms with E-state index >= 15 is 0 Å². The van der Waals surface area contributed by atoms with Crippen LogP contribution >= 0.6 is 0 Å². The maximum atomic E-state index is 11.8. The van der Waals surface area contributed by atoms with Gasteiger partial charge in [-0.1, -0.05) is 6.07 Å². The molecule has 0 aliphatic heterocycles. The van der Waals surface area contributed by atoms with Crippen molar-refractivity contribution in [2.24, 2.45) is 0 Å². The van der Waals surface area contributed by atoms with Crippen molar-refractivity contribution in [2.45, 2.75) is 6.61 Å². The Morgan fingerprint density at radius 2 is 1.92 bits per heavy atom. The molecule has 128 valence electrons. The first-order chi connectivity index (χ1) is 12.2. The molecule has 1 aromatic heterocycles. The zero-order valence-corrected chi connectivity index (χ0v) is 13.8. The van der Waals surface area contributed by atoms with E-state index in [0.29, 0.717) is 45.6 Å². The molecule has 3 aromatic rings. The minimum atomic E-state index is -0.480. The van der Waals surface area contributed by atoms with E-state index < -0.39 is 5.63 Å². The highest BCUT2D eigenvalue weighted by Crippen LogP contribution is 2.31. The SMILES string of the molecule is COc1ccc2oc(=O)cc(COc3c(C=O)cccc3OC)c2c1. The third-order valence-electron chi connectivity index (χ3n) is 3.76. The highest BCUT2D eigenvalue weighted by atomic mass is 16.5. The van der Waals surface area contributed by atoms with E-state index in [0.717, 1.165) is 0 Å². The lowest BCUT2D eigenvalue weighted by molar-refractivity contribution is 0.111. The quantitative estimate of drug-likeness (QED) is 0.507. The number of ether oxygens (including phenoxy) is 3. The van der Waals surface area contributed by atoms with Gasteiger partial charge in [-0.2, -0.15) is 0 Å². The van der Waals surface area contributed by atoms with Crippen molar-refractivity contribution in [1.29, 1.82) is 0 Å². The Kier molecular flexibility index (Phi) is 4.70. The number of hydrogen-bond acceptors (Lipinski definition) is 6. The Bertz CT molecular complexity index is 973. The minimum absolute atomic E-state index is 0.0660. The van der Waals surface area contributed by atoms with Gasteiger partial charge in [0.05, 0.1) is 19.8 Å². The average molecular weight is 340 g/mol. The number of fused-ring (bicyclic) bond motifs is 1. The fraction of sp³-hybridized carbons (Fsp3) is 0.158. The lowest BCUT2D eigenvalue weighted by atomic mass is 10.1. The van der Waals surface area contributed by atoms with Gasteiger partial charge >= 0.3 is 5.63 Å². The van der Waals surface area contributed by atoms with Crippen LogP contribution in [-0.4, -0.2) is 20.5 Å². The van der Waals surface area contributed by atoms with Gasteiger partial charge in [-0.15, -0.1) is 0 Å². The molecule has 0 fully saturated rings. The fourth-order valence-electron chi connectivity index (χ4n) is 2.54. The van der Waals surface area contributed by atoms with Crippen molar-refractivity contribution in [3.8, 4) is 17.2 Å². The van der Waals surface area contributed by atoms with E-state index in [1.54, 1.807) is 43.5 Å².